The number of nitrogens with zero attached hydrogens (tertiary/aromatic N) is 1. The first kappa shape index (κ1) is 15.0. The first-order valence-electron chi connectivity index (χ1n) is 6.76. The fourth-order valence-corrected chi connectivity index (χ4v) is 2.18. The number of H-pyrrole nitrogens is 1. The zero-order valence-electron chi connectivity index (χ0n) is 11.9. The van der Waals surface area contributed by atoms with Gasteiger partial charge in [0.25, 0.3) is 11.5 Å². The molecule has 0 atom stereocenters. The number of carbonyl (C=O) groups is 1. The van der Waals surface area contributed by atoms with E-state index in [1.54, 1.807) is 13.0 Å². The van der Waals surface area contributed by atoms with Crippen molar-refractivity contribution in [3.05, 3.63) is 69.6 Å². The van der Waals surface area contributed by atoms with Gasteiger partial charge in [-0.25, -0.2) is 0 Å². The topological polar surface area (TPSA) is 73.4 Å². The molecule has 1 amide bonds. The van der Waals surface area contributed by atoms with E-state index >= 15 is 0 Å². The highest BCUT2D eigenvalue weighted by molar-refractivity contribution is 5.95. The molecule has 5 heteroatoms. The van der Waals surface area contributed by atoms with E-state index in [-0.39, 0.29) is 24.6 Å². The molecule has 0 fully saturated rings. The van der Waals surface area contributed by atoms with E-state index in [2.05, 4.69) is 4.98 Å². The van der Waals surface area contributed by atoms with Crippen molar-refractivity contribution in [3.63, 3.8) is 0 Å². The van der Waals surface area contributed by atoms with Crippen LogP contribution in [0.1, 0.15) is 21.5 Å². The molecule has 1 heterocycles. The van der Waals surface area contributed by atoms with E-state index in [0.29, 0.717) is 12.1 Å². The Balaban J connectivity index is 2.30. The highest BCUT2D eigenvalue weighted by atomic mass is 16.3. The number of aryl methyl sites for hydroxylation is 1. The van der Waals surface area contributed by atoms with Crippen LogP contribution in [-0.4, -0.2) is 34.0 Å². The van der Waals surface area contributed by atoms with Gasteiger partial charge in [0, 0.05) is 19.3 Å². The van der Waals surface area contributed by atoms with Gasteiger partial charge in [0.2, 0.25) is 0 Å². The summed E-state index contributed by atoms with van der Waals surface area (Å²) in [5, 5.41) is 9.17. The second-order valence-electron chi connectivity index (χ2n) is 4.80. The number of amides is 1. The third kappa shape index (κ3) is 3.58. The predicted molar refractivity (Wildman–Crippen MR) is 80.1 cm³/mol. The van der Waals surface area contributed by atoms with Gasteiger partial charge in [0.05, 0.1) is 6.61 Å². The molecule has 0 bridgehead atoms. The largest absolute Gasteiger partial charge is 0.395 e. The predicted octanol–water partition coefficient (Wildman–Crippen LogP) is 1.32. The van der Waals surface area contributed by atoms with E-state index in [1.165, 1.54) is 11.1 Å². The van der Waals surface area contributed by atoms with Crippen LogP contribution in [0.3, 0.4) is 0 Å². The molecule has 0 spiro atoms. The van der Waals surface area contributed by atoms with E-state index in [4.69, 9.17) is 5.11 Å². The Labute approximate surface area is 122 Å². The lowest BCUT2D eigenvalue weighted by molar-refractivity contribution is 0.0705. The van der Waals surface area contributed by atoms with Gasteiger partial charge < -0.3 is 15.0 Å². The Hall–Kier alpha value is -2.40. The maximum atomic E-state index is 12.6. The minimum absolute atomic E-state index is 0.127. The lowest BCUT2D eigenvalue weighted by Crippen LogP contribution is -2.37. The van der Waals surface area contributed by atoms with Crippen molar-refractivity contribution >= 4 is 5.91 Å². The number of aromatic nitrogens is 1. The standard InChI is InChI=1S/C16H18N2O3/c1-12-7-8-17-15(20)14(12)16(21)18(9-10-19)11-13-5-3-2-4-6-13/h2-8,19H,9-11H2,1H3,(H,17,20). The quantitative estimate of drug-likeness (QED) is 0.870. The molecule has 0 aliphatic heterocycles. The highest BCUT2D eigenvalue weighted by Crippen LogP contribution is 2.10. The number of aromatic amines is 1. The molecule has 2 rings (SSSR count). The van der Waals surface area contributed by atoms with Crippen molar-refractivity contribution in [2.75, 3.05) is 13.2 Å². The summed E-state index contributed by atoms with van der Waals surface area (Å²) in [5.41, 5.74) is 1.29. The van der Waals surface area contributed by atoms with E-state index < -0.39 is 5.56 Å². The van der Waals surface area contributed by atoms with Crippen molar-refractivity contribution < 1.29 is 9.90 Å². The Morgan fingerprint density at radius 3 is 2.57 bits per heavy atom. The summed E-state index contributed by atoms with van der Waals surface area (Å²) in [7, 11) is 0. The van der Waals surface area contributed by atoms with E-state index in [9.17, 15) is 9.59 Å². The number of aliphatic hydroxyl groups is 1. The molecule has 5 nitrogen and oxygen atoms in total. The van der Waals surface area contributed by atoms with Crippen molar-refractivity contribution in [1.29, 1.82) is 0 Å². The van der Waals surface area contributed by atoms with Crippen molar-refractivity contribution in [3.8, 4) is 0 Å². The number of nitrogens with one attached hydrogen (secondary N) is 1. The minimum atomic E-state index is -0.406. The number of hydrogen-bond donors (Lipinski definition) is 2. The average molecular weight is 286 g/mol. The fraction of sp³-hybridized carbons (Fsp3) is 0.250. The molecule has 0 aliphatic carbocycles. The molecule has 1 aromatic heterocycles. The Morgan fingerprint density at radius 1 is 1.24 bits per heavy atom. The number of benzene rings is 1. The highest BCUT2D eigenvalue weighted by Gasteiger charge is 2.20. The van der Waals surface area contributed by atoms with Crippen LogP contribution in [0, 0.1) is 6.92 Å². The lowest BCUT2D eigenvalue weighted by atomic mass is 10.1. The van der Waals surface area contributed by atoms with Crippen molar-refractivity contribution in [2.45, 2.75) is 13.5 Å². The average Bonchev–Trinajstić information content (AvgIpc) is 2.47. The molecule has 21 heavy (non-hydrogen) atoms. The smallest absolute Gasteiger partial charge is 0.261 e. The summed E-state index contributed by atoms with van der Waals surface area (Å²) < 4.78 is 0. The Kier molecular flexibility index (Phi) is 4.90. The van der Waals surface area contributed by atoms with Crippen LogP contribution in [-0.2, 0) is 6.54 Å². The third-order valence-corrected chi connectivity index (χ3v) is 3.26. The Morgan fingerprint density at radius 2 is 1.95 bits per heavy atom. The molecule has 2 N–H and O–H groups in total. The molecule has 0 aliphatic rings. The first-order valence-corrected chi connectivity index (χ1v) is 6.76. The summed E-state index contributed by atoms with van der Waals surface area (Å²) >= 11 is 0. The van der Waals surface area contributed by atoms with E-state index in [1.807, 2.05) is 30.3 Å². The van der Waals surface area contributed by atoms with E-state index in [0.717, 1.165) is 5.56 Å². The summed E-state index contributed by atoms with van der Waals surface area (Å²) in [6.07, 6.45) is 1.52. The van der Waals surface area contributed by atoms with Crippen LogP contribution in [0.5, 0.6) is 0 Å². The van der Waals surface area contributed by atoms with Gasteiger partial charge in [-0.15, -0.1) is 0 Å². The molecule has 1 aromatic carbocycles. The monoisotopic (exact) mass is 286 g/mol. The number of aliphatic hydroxyl groups excluding tert-OH is 1. The molecular weight excluding hydrogens is 268 g/mol. The van der Waals surface area contributed by atoms with Gasteiger partial charge in [-0.3, -0.25) is 9.59 Å². The zero-order chi connectivity index (χ0) is 15.2. The van der Waals surface area contributed by atoms with Crippen LogP contribution in [0.2, 0.25) is 0 Å². The summed E-state index contributed by atoms with van der Waals surface area (Å²) in [4.78, 5) is 28.4. The number of carbonyl (C=O) groups excluding carboxylic acids is 1. The number of pyridine rings is 1. The minimum Gasteiger partial charge on any atom is -0.395 e. The normalized spacial score (nSPS) is 10.4. The van der Waals surface area contributed by atoms with Gasteiger partial charge in [-0.1, -0.05) is 30.3 Å². The van der Waals surface area contributed by atoms with Gasteiger partial charge in [-0.2, -0.15) is 0 Å². The molecule has 0 saturated heterocycles. The summed E-state index contributed by atoms with van der Waals surface area (Å²) in [5.74, 6) is -0.368. The van der Waals surface area contributed by atoms with Crippen LogP contribution >= 0.6 is 0 Å². The molecule has 0 radical (unpaired) electrons. The van der Waals surface area contributed by atoms with Gasteiger partial charge >= 0.3 is 0 Å². The van der Waals surface area contributed by atoms with Crippen LogP contribution in [0.15, 0.2) is 47.4 Å². The zero-order valence-corrected chi connectivity index (χ0v) is 11.9. The van der Waals surface area contributed by atoms with Gasteiger partial charge in [0.1, 0.15) is 5.56 Å². The molecular formula is C16H18N2O3. The van der Waals surface area contributed by atoms with Crippen LogP contribution in [0.4, 0.5) is 0 Å². The SMILES string of the molecule is Cc1cc[nH]c(=O)c1C(=O)N(CCO)Cc1ccccc1. The number of rotatable bonds is 5. The second kappa shape index (κ2) is 6.85. The molecule has 0 unspecified atom stereocenters. The van der Waals surface area contributed by atoms with Gasteiger partial charge in [0.15, 0.2) is 0 Å². The Bertz CT molecular complexity index is 665. The number of hydrogen-bond acceptors (Lipinski definition) is 3. The maximum absolute atomic E-state index is 12.6. The maximum Gasteiger partial charge on any atom is 0.261 e. The second-order valence-corrected chi connectivity index (χ2v) is 4.80. The summed E-state index contributed by atoms with van der Waals surface area (Å²) in [6.45, 7) is 2.11. The fourth-order valence-electron chi connectivity index (χ4n) is 2.18. The lowest BCUT2D eigenvalue weighted by Gasteiger charge is -2.22. The van der Waals surface area contributed by atoms with Gasteiger partial charge in [-0.05, 0) is 24.1 Å². The van der Waals surface area contributed by atoms with Crippen molar-refractivity contribution in [2.24, 2.45) is 0 Å². The molecule has 0 saturated carbocycles. The summed E-state index contributed by atoms with van der Waals surface area (Å²) in [6, 6.07) is 11.2. The molecule has 110 valence electrons. The third-order valence-electron chi connectivity index (χ3n) is 3.26. The first-order chi connectivity index (χ1) is 10.1. The van der Waals surface area contributed by atoms with Crippen LogP contribution in [0.25, 0.3) is 0 Å². The molecule has 2 aromatic rings. The van der Waals surface area contributed by atoms with Crippen molar-refractivity contribution in [1.82, 2.24) is 9.88 Å². The van der Waals surface area contributed by atoms with Crippen LogP contribution < -0.4 is 5.56 Å².